The van der Waals surface area contributed by atoms with E-state index in [-0.39, 0.29) is 0 Å². The molecule has 0 spiro atoms. The maximum Gasteiger partial charge on any atom is 0.0197 e. The molecule has 0 aromatic carbocycles. The van der Waals surface area contributed by atoms with E-state index >= 15 is 0 Å². The molecule has 0 aromatic rings. The van der Waals surface area contributed by atoms with Crippen molar-refractivity contribution in [3.05, 3.63) is 0 Å². The highest BCUT2D eigenvalue weighted by atomic mass is 15.2. The average molecular weight is 210 g/mol. The second-order valence-electron chi connectivity index (χ2n) is 5.60. The summed E-state index contributed by atoms with van der Waals surface area (Å²) in [5, 5.41) is 3.68. The van der Waals surface area contributed by atoms with Crippen LogP contribution in [0.25, 0.3) is 0 Å². The molecule has 0 aliphatic carbocycles. The lowest BCUT2D eigenvalue weighted by Gasteiger charge is -2.32. The van der Waals surface area contributed by atoms with Crippen LogP contribution >= 0.6 is 0 Å². The van der Waals surface area contributed by atoms with Crippen LogP contribution in [0.2, 0.25) is 0 Å². The van der Waals surface area contributed by atoms with Gasteiger partial charge in [-0.2, -0.15) is 0 Å². The SMILES string of the molecule is CCC1CCNC(CN2CCC(C)C2)C1. The Balaban J connectivity index is 1.74. The monoisotopic (exact) mass is 210 g/mol. The Morgan fingerprint density at radius 3 is 2.87 bits per heavy atom. The molecule has 2 fully saturated rings. The Kier molecular flexibility index (Phi) is 4.04. The third kappa shape index (κ3) is 3.18. The van der Waals surface area contributed by atoms with Crippen LogP contribution in [-0.4, -0.2) is 37.1 Å². The molecule has 0 amide bonds. The smallest absolute Gasteiger partial charge is 0.0197 e. The van der Waals surface area contributed by atoms with E-state index in [0.717, 1.165) is 17.9 Å². The quantitative estimate of drug-likeness (QED) is 0.767. The molecule has 88 valence electrons. The Morgan fingerprint density at radius 2 is 2.20 bits per heavy atom. The van der Waals surface area contributed by atoms with Gasteiger partial charge in [0.05, 0.1) is 0 Å². The Morgan fingerprint density at radius 1 is 1.33 bits per heavy atom. The molecule has 2 heteroatoms. The van der Waals surface area contributed by atoms with E-state index < -0.39 is 0 Å². The second kappa shape index (κ2) is 5.31. The number of nitrogens with one attached hydrogen (secondary N) is 1. The first kappa shape index (κ1) is 11.4. The number of rotatable bonds is 3. The zero-order chi connectivity index (χ0) is 10.7. The van der Waals surface area contributed by atoms with Crippen molar-refractivity contribution in [1.82, 2.24) is 10.2 Å². The molecular weight excluding hydrogens is 184 g/mol. The van der Waals surface area contributed by atoms with Gasteiger partial charge >= 0.3 is 0 Å². The molecule has 2 rings (SSSR count). The fourth-order valence-corrected chi connectivity index (χ4v) is 3.11. The van der Waals surface area contributed by atoms with Crippen LogP contribution in [0.5, 0.6) is 0 Å². The standard InChI is InChI=1S/C13H26N2/c1-3-12-4-6-14-13(8-12)10-15-7-5-11(2)9-15/h11-14H,3-10H2,1-2H3. The molecule has 15 heavy (non-hydrogen) atoms. The van der Waals surface area contributed by atoms with Crippen molar-refractivity contribution >= 4 is 0 Å². The maximum absolute atomic E-state index is 3.68. The number of piperidine rings is 1. The molecule has 2 aliphatic rings. The van der Waals surface area contributed by atoms with Crippen molar-refractivity contribution < 1.29 is 0 Å². The first-order chi connectivity index (χ1) is 7.28. The number of likely N-dealkylation sites (tertiary alicyclic amines) is 1. The van der Waals surface area contributed by atoms with E-state index in [9.17, 15) is 0 Å². The molecule has 1 N–H and O–H groups in total. The van der Waals surface area contributed by atoms with Gasteiger partial charge < -0.3 is 10.2 Å². The van der Waals surface area contributed by atoms with E-state index in [1.165, 1.54) is 51.9 Å². The van der Waals surface area contributed by atoms with Crippen molar-refractivity contribution in [2.24, 2.45) is 11.8 Å². The highest BCUT2D eigenvalue weighted by molar-refractivity contribution is 4.83. The van der Waals surface area contributed by atoms with Crippen molar-refractivity contribution in [2.45, 2.75) is 45.6 Å². The third-order valence-electron chi connectivity index (χ3n) is 4.17. The second-order valence-corrected chi connectivity index (χ2v) is 5.60. The minimum atomic E-state index is 0.772. The van der Waals surface area contributed by atoms with Gasteiger partial charge in [-0.05, 0) is 44.2 Å². The predicted molar refractivity (Wildman–Crippen MR) is 65.0 cm³/mol. The number of hydrogen-bond donors (Lipinski definition) is 1. The van der Waals surface area contributed by atoms with Crippen molar-refractivity contribution in [3.63, 3.8) is 0 Å². The van der Waals surface area contributed by atoms with Gasteiger partial charge in [-0.3, -0.25) is 0 Å². The zero-order valence-electron chi connectivity index (χ0n) is 10.3. The van der Waals surface area contributed by atoms with E-state index in [2.05, 4.69) is 24.1 Å². The predicted octanol–water partition coefficient (Wildman–Crippen LogP) is 2.11. The van der Waals surface area contributed by atoms with Crippen LogP contribution in [0.15, 0.2) is 0 Å². The largest absolute Gasteiger partial charge is 0.313 e. The normalized spacial score (nSPS) is 38.4. The fraction of sp³-hybridized carbons (Fsp3) is 1.00. The van der Waals surface area contributed by atoms with E-state index in [1.54, 1.807) is 0 Å². The summed E-state index contributed by atoms with van der Waals surface area (Å²) in [4.78, 5) is 2.65. The summed E-state index contributed by atoms with van der Waals surface area (Å²) >= 11 is 0. The van der Waals surface area contributed by atoms with Gasteiger partial charge in [-0.25, -0.2) is 0 Å². The maximum atomic E-state index is 3.68. The molecule has 0 radical (unpaired) electrons. The zero-order valence-corrected chi connectivity index (χ0v) is 10.3. The summed E-state index contributed by atoms with van der Waals surface area (Å²) < 4.78 is 0. The Hall–Kier alpha value is -0.0800. The van der Waals surface area contributed by atoms with Gasteiger partial charge in [-0.1, -0.05) is 20.3 Å². The van der Waals surface area contributed by atoms with Gasteiger partial charge in [0.15, 0.2) is 0 Å². The molecule has 3 unspecified atom stereocenters. The van der Waals surface area contributed by atoms with Gasteiger partial charge in [0, 0.05) is 19.1 Å². The molecule has 2 heterocycles. The first-order valence-electron chi connectivity index (χ1n) is 6.73. The summed E-state index contributed by atoms with van der Waals surface area (Å²) in [6.07, 6.45) is 5.57. The van der Waals surface area contributed by atoms with Gasteiger partial charge in [0.25, 0.3) is 0 Å². The van der Waals surface area contributed by atoms with Crippen molar-refractivity contribution in [1.29, 1.82) is 0 Å². The van der Waals surface area contributed by atoms with E-state index in [1.807, 2.05) is 0 Å². The summed E-state index contributed by atoms with van der Waals surface area (Å²) in [5.41, 5.74) is 0. The highest BCUT2D eigenvalue weighted by Gasteiger charge is 2.25. The van der Waals surface area contributed by atoms with Crippen molar-refractivity contribution in [3.8, 4) is 0 Å². The minimum absolute atomic E-state index is 0.772. The molecule has 0 bridgehead atoms. The van der Waals surface area contributed by atoms with Gasteiger partial charge in [0.2, 0.25) is 0 Å². The van der Waals surface area contributed by atoms with Crippen LogP contribution in [0.4, 0.5) is 0 Å². The topological polar surface area (TPSA) is 15.3 Å². The first-order valence-corrected chi connectivity index (χ1v) is 6.73. The fourth-order valence-electron chi connectivity index (χ4n) is 3.11. The molecule has 0 saturated carbocycles. The lowest BCUT2D eigenvalue weighted by atomic mass is 9.90. The highest BCUT2D eigenvalue weighted by Crippen LogP contribution is 2.22. The van der Waals surface area contributed by atoms with E-state index in [0.29, 0.717) is 0 Å². The molecule has 2 saturated heterocycles. The van der Waals surface area contributed by atoms with Crippen LogP contribution < -0.4 is 5.32 Å². The number of nitrogens with zero attached hydrogens (tertiary/aromatic N) is 1. The summed E-state index contributed by atoms with van der Waals surface area (Å²) in [6.45, 7) is 9.91. The Labute approximate surface area is 94.4 Å². The third-order valence-corrected chi connectivity index (χ3v) is 4.17. The van der Waals surface area contributed by atoms with Crippen molar-refractivity contribution in [2.75, 3.05) is 26.2 Å². The summed E-state index contributed by atoms with van der Waals surface area (Å²) in [5.74, 6) is 1.91. The average Bonchev–Trinajstić information content (AvgIpc) is 2.64. The summed E-state index contributed by atoms with van der Waals surface area (Å²) in [6, 6.07) is 0.772. The Bertz CT molecular complexity index is 193. The lowest BCUT2D eigenvalue weighted by molar-refractivity contribution is 0.221. The lowest BCUT2D eigenvalue weighted by Crippen LogP contribution is -2.45. The molecular formula is C13H26N2. The molecule has 3 atom stereocenters. The number of hydrogen-bond acceptors (Lipinski definition) is 2. The minimum Gasteiger partial charge on any atom is -0.313 e. The summed E-state index contributed by atoms with van der Waals surface area (Å²) in [7, 11) is 0. The van der Waals surface area contributed by atoms with Crippen LogP contribution in [0.1, 0.15) is 39.5 Å². The molecule has 0 aromatic heterocycles. The van der Waals surface area contributed by atoms with Crippen LogP contribution in [-0.2, 0) is 0 Å². The molecule has 2 nitrogen and oxygen atoms in total. The van der Waals surface area contributed by atoms with Crippen LogP contribution in [0, 0.1) is 11.8 Å². The van der Waals surface area contributed by atoms with Gasteiger partial charge in [0.1, 0.15) is 0 Å². The van der Waals surface area contributed by atoms with E-state index in [4.69, 9.17) is 0 Å². The van der Waals surface area contributed by atoms with Crippen LogP contribution in [0.3, 0.4) is 0 Å². The van der Waals surface area contributed by atoms with Gasteiger partial charge in [-0.15, -0.1) is 0 Å². The molecule has 2 aliphatic heterocycles.